The summed E-state index contributed by atoms with van der Waals surface area (Å²) in [5.74, 6) is 5.14. The van der Waals surface area contributed by atoms with Crippen LogP contribution in [0.2, 0.25) is 0 Å². The summed E-state index contributed by atoms with van der Waals surface area (Å²) in [4.78, 5) is 9.09. The summed E-state index contributed by atoms with van der Waals surface area (Å²) >= 11 is 0. The van der Waals surface area contributed by atoms with E-state index in [9.17, 15) is 0 Å². The van der Waals surface area contributed by atoms with Gasteiger partial charge in [-0.1, -0.05) is 0 Å². The molecule has 1 aliphatic rings. The van der Waals surface area contributed by atoms with Crippen molar-refractivity contribution in [1.29, 1.82) is 0 Å². The first-order valence-corrected chi connectivity index (χ1v) is 4.96. The van der Waals surface area contributed by atoms with Gasteiger partial charge in [0.05, 0.1) is 12.8 Å². The van der Waals surface area contributed by atoms with Gasteiger partial charge in [0.2, 0.25) is 0 Å². The third kappa shape index (κ3) is 1.32. The zero-order valence-corrected chi connectivity index (χ0v) is 8.26. The molecule has 0 saturated heterocycles. The molecule has 0 amide bonds. The molecule has 15 heavy (non-hydrogen) atoms. The lowest BCUT2D eigenvalue weighted by Gasteiger charge is -2.13. The fraction of sp³-hybridized carbons (Fsp3) is 0.400. The van der Waals surface area contributed by atoms with Crippen LogP contribution in [0, 0.1) is 0 Å². The molecule has 1 aliphatic carbocycles. The smallest absolute Gasteiger partial charge is 0.154 e. The summed E-state index contributed by atoms with van der Waals surface area (Å²) in [6, 6.07) is 1.88. The molecule has 2 aromatic heterocycles. The van der Waals surface area contributed by atoms with Crippen molar-refractivity contribution in [2.24, 2.45) is 5.90 Å². The molecule has 2 aromatic rings. The zero-order chi connectivity index (χ0) is 10.3. The quantitative estimate of drug-likeness (QED) is 0.745. The van der Waals surface area contributed by atoms with E-state index in [0.717, 1.165) is 24.1 Å². The van der Waals surface area contributed by atoms with Crippen molar-refractivity contribution in [2.45, 2.75) is 18.3 Å². The largest absolute Gasteiger partial charge is 0.304 e. The van der Waals surface area contributed by atoms with Crippen molar-refractivity contribution in [2.75, 3.05) is 6.61 Å². The standard InChI is InChI=1S/C10H12N4O/c11-15-7-10(2-3-10)8-5-12-9-1-4-13-14(9)6-8/h1,4-6H,2-3,7,11H2. The first kappa shape index (κ1) is 8.82. The first-order valence-electron chi connectivity index (χ1n) is 4.96. The van der Waals surface area contributed by atoms with E-state index in [-0.39, 0.29) is 5.41 Å². The normalized spacial score (nSPS) is 18.2. The van der Waals surface area contributed by atoms with E-state index >= 15 is 0 Å². The van der Waals surface area contributed by atoms with Gasteiger partial charge in [0.1, 0.15) is 0 Å². The molecule has 1 saturated carbocycles. The minimum absolute atomic E-state index is 0.0852. The molecule has 0 spiro atoms. The van der Waals surface area contributed by atoms with E-state index < -0.39 is 0 Å². The van der Waals surface area contributed by atoms with Crippen LogP contribution in [-0.2, 0) is 10.3 Å². The Morgan fingerprint density at radius 2 is 2.40 bits per heavy atom. The zero-order valence-electron chi connectivity index (χ0n) is 8.26. The van der Waals surface area contributed by atoms with Crippen LogP contribution in [0.1, 0.15) is 18.4 Å². The second-order valence-corrected chi connectivity index (χ2v) is 4.07. The molecule has 0 unspecified atom stereocenters. The molecule has 0 aromatic carbocycles. The predicted octanol–water partition coefficient (Wildman–Crippen LogP) is 0.651. The molecule has 78 valence electrons. The molecule has 1 fully saturated rings. The highest BCUT2D eigenvalue weighted by Crippen LogP contribution is 2.47. The topological polar surface area (TPSA) is 65.4 Å². The van der Waals surface area contributed by atoms with Crippen LogP contribution >= 0.6 is 0 Å². The number of aromatic nitrogens is 3. The summed E-state index contributed by atoms with van der Waals surface area (Å²) in [5, 5.41) is 4.16. The van der Waals surface area contributed by atoms with E-state index in [0.29, 0.717) is 6.61 Å². The van der Waals surface area contributed by atoms with Crippen LogP contribution in [0.5, 0.6) is 0 Å². The molecule has 3 rings (SSSR count). The molecular formula is C10H12N4O. The third-order valence-electron chi connectivity index (χ3n) is 3.07. The van der Waals surface area contributed by atoms with Gasteiger partial charge in [-0.25, -0.2) is 15.4 Å². The van der Waals surface area contributed by atoms with Gasteiger partial charge in [-0.15, -0.1) is 0 Å². The predicted molar refractivity (Wildman–Crippen MR) is 54.0 cm³/mol. The van der Waals surface area contributed by atoms with Crippen molar-refractivity contribution >= 4 is 5.65 Å². The molecule has 0 bridgehead atoms. The highest BCUT2D eigenvalue weighted by Gasteiger charge is 2.45. The maximum absolute atomic E-state index is 5.14. The lowest BCUT2D eigenvalue weighted by molar-refractivity contribution is 0.116. The molecule has 0 atom stereocenters. The lowest BCUT2D eigenvalue weighted by atomic mass is 10.0. The maximum Gasteiger partial charge on any atom is 0.154 e. The Bertz CT molecular complexity index is 489. The Morgan fingerprint density at radius 1 is 1.53 bits per heavy atom. The van der Waals surface area contributed by atoms with Crippen LogP contribution < -0.4 is 5.90 Å². The molecule has 0 aliphatic heterocycles. The number of nitrogens with zero attached hydrogens (tertiary/aromatic N) is 3. The summed E-state index contributed by atoms with van der Waals surface area (Å²) < 4.78 is 1.78. The summed E-state index contributed by atoms with van der Waals surface area (Å²) in [5.41, 5.74) is 2.11. The fourth-order valence-electron chi connectivity index (χ4n) is 1.91. The fourth-order valence-corrected chi connectivity index (χ4v) is 1.91. The highest BCUT2D eigenvalue weighted by atomic mass is 16.6. The van der Waals surface area contributed by atoms with Crippen LogP contribution in [0.25, 0.3) is 5.65 Å². The Labute approximate surface area is 86.8 Å². The number of hydrogen-bond donors (Lipinski definition) is 1. The number of nitrogens with two attached hydrogens (primary N) is 1. The van der Waals surface area contributed by atoms with Crippen LogP contribution in [0.4, 0.5) is 0 Å². The summed E-state index contributed by atoms with van der Waals surface area (Å²) in [6.07, 6.45) is 7.86. The molecular weight excluding hydrogens is 192 g/mol. The van der Waals surface area contributed by atoms with Gasteiger partial charge in [-0.05, 0) is 18.4 Å². The third-order valence-corrected chi connectivity index (χ3v) is 3.07. The minimum atomic E-state index is 0.0852. The number of fused-ring (bicyclic) bond motifs is 1. The average Bonchev–Trinajstić information content (AvgIpc) is 2.89. The minimum Gasteiger partial charge on any atom is -0.304 e. The van der Waals surface area contributed by atoms with Crippen molar-refractivity contribution in [3.63, 3.8) is 0 Å². The number of hydrogen-bond acceptors (Lipinski definition) is 4. The molecule has 5 nitrogen and oxygen atoms in total. The van der Waals surface area contributed by atoms with Crippen LogP contribution in [-0.4, -0.2) is 21.2 Å². The molecule has 5 heteroatoms. The lowest BCUT2D eigenvalue weighted by Crippen LogP contribution is -2.19. The van der Waals surface area contributed by atoms with Gasteiger partial charge in [-0.2, -0.15) is 5.10 Å². The van der Waals surface area contributed by atoms with E-state index in [4.69, 9.17) is 10.7 Å². The Balaban J connectivity index is 2.04. The van der Waals surface area contributed by atoms with Crippen molar-refractivity contribution in [3.05, 3.63) is 30.2 Å². The van der Waals surface area contributed by atoms with E-state index in [1.807, 2.05) is 18.5 Å². The van der Waals surface area contributed by atoms with Crippen LogP contribution in [0.3, 0.4) is 0 Å². The van der Waals surface area contributed by atoms with Crippen molar-refractivity contribution in [3.8, 4) is 0 Å². The summed E-state index contributed by atoms with van der Waals surface area (Å²) in [7, 11) is 0. The highest BCUT2D eigenvalue weighted by molar-refractivity contribution is 5.39. The van der Waals surface area contributed by atoms with Crippen molar-refractivity contribution < 1.29 is 4.84 Å². The van der Waals surface area contributed by atoms with Crippen LogP contribution in [0.15, 0.2) is 24.7 Å². The summed E-state index contributed by atoms with van der Waals surface area (Å²) in [6.45, 7) is 0.557. The second-order valence-electron chi connectivity index (χ2n) is 4.07. The molecule has 2 N–H and O–H groups in total. The van der Waals surface area contributed by atoms with Gasteiger partial charge >= 0.3 is 0 Å². The maximum atomic E-state index is 5.14. The monoisotopic (exact) mass is 204 g/mol. The molecule has 0 radical (unpaired) electrons. The Morgan fingerprint density at radius 3 is 3.13 bits per heavy atom. The molecule has 2 heterocycles. The van der Waals surface area contributed by atoms with E-state index in [1.165, 1.54) is 0 Å². The SMILES string of the molecule is NOCC1(c2cnc3ccnn3c2)CC1. The Kier molecular flexibility index (Phi) is 1.77. The van der Waals surface area contributed by atoms with Gasteiger partial charge in [0, 0.05) is 23.9 Å². The van der Waals surface area contributed by atoms with E-state index in [2.05, 4.69) is 10.1 Å². The van der Waals surface area contributed by atoms with Gasteiger partial charge in [-0.3, -0.25) is 0 Å². The van der Waals surface area contributed by atoms with Gasteiger partial charge in [0.25, 0.3) is 0 Å². The average molecular weight is 204 g/mol. The van der Waals surface area contributed by atoms with Gasteiger partial charge < -0.3 is 4.84 Å². The van der Waals surface area contributed by atoms with E-state index in [1.54, 1.807) is 10.7 Å². The van der Waals surface area contributed by atoms with Crippen molar-refractivity contribution in [1.82, 2.24) is 14.6 Å². The van der Waals surface area contributed by atoms with Gasteiger partial charge in [0.15, 0.2) is 5.65 Å². The first-order chi connectivity index (χ1) is 7.34. The second kappa shape index (κ2) is 3.01. The number of rotatable bonds is 3. The Hall–Kier alpha value is -1.46.